The topological polar surface area (TPSA) is 4.93 Å². The third-order valence-electron chi connectivity index (χ3n) is 5.92. The summed E-state index contributed by atoms with van der Waals surface area (Å²) in [5, 5.41) is 4.97. The molecule has 0 bridgehead atoms. The first-order chi connectivity index (χ1) is 15.2. The maximum atomic E-state index is 3.80. The Morgan fingerprint density at radius 1 is 0.548 bits per heavy atom. The van der Waals surface area contributed by atoms with E-state index in [9.17, 15) is 0 Å². The van der Waals surface area contributed by atoms with Crippen molar-refractivity contribution in [2.24, 2.45) is 0 Å². The summed E-state index contributed by atoms with van der Waals surface area (Å²) in [5.41, 5.74) is 6.06. The van der Waals surface area contributed by atoms with Crippen LogP contribution in [0.3, 0.4) is 0 Å². The highest BCUT2D eigenvalue weighted by molar-refractivity contribution is 9.11. The van der Waals surface area contributed by atoms with E-state index in [-0.39, 0.29) is 0 Å². The van der Waals surface area contributed by atoms with Crippen LogP contribution in [0.2, 0.25) is 0 Å². The quantitative estimate of drug-likeness (QED) is 0.212. The van der Waals surface area contributed by atoms with Crippen molar-refractivity contribution >= 4 is 64.4 Å². The molecular weight excluding hydrogens is 510 g/mol. The van der Waals surface area contributed by atoms with Gasteiger partial charge >= 0.3 is 0 Å². The first-order valence-corrected chi connectivity index (χ1v) is 11.8. The molecule has 0 aliphatic carbocycles. The molecule has 0 saturated carbocycles. The van der Waals surface area contributed by atoms with Gasteiger partial charge in [-0.2, -0.15) is 0 Å². The minimum atomic E-state index is 1.06. The second-order valence-electron chi connectivity index (χ2n) is 7.68. The van der Waals surface area contributed by atoms with Crippen LogP contribution in [0.25, 0.3) is 49.4 Å². The second-order valence-corrected chi connectivity index (χ2v) is 9.45. The van der Waals surface area contributed by atoms with Crippen LogP contribution in [-0.2, 0) is 0 Å². The standard InChI is InChI=1S/C28H17Br2N/c29-19-16-24(30)28-23-12-6-7-13-25(23)31(27(28)17-19)26-15-14-20(18-8-2-1-3-9-18)21-10-4-5-11-22(21)26/h1-17H. The van der Waals surface area contributed by atoms with Gasteiger partial charge in [-0.05, 0) is 40.8 Å². The molecule has 1 aromatic heterocycles. The number of para-hydroxylation sites is 1. The van der Waals surface area contributed by atoms with Crippen LogP contribution in [0.5, 0.6) is 0 Å². The summed E-state index contributed by atoms with van der Waals surface area (Å²) in [6.07, 6.45) is 0. The van der Waals surface area contributed by atoms with Crippen LogP contribution >= 0.6 is 31.9 Å². The number of hydrogen-bond donors (Lipinski definition) is 0. The Morgan fingerprint density at radius 3 is 2.03 bits per heavy atom. The van der Waals surface area contributed by atoms with Gasteiger partial charge in [0.15, 0.2) is 0 Å². The molecule has 0 spiro atoms. The molecule has 0 aliphatic heterocycles. The second kappa shape index (κ2) is 7.37. The van der Waals surface area contributed by atoms with E-state index in [1.54, 1.807) is 0 Å². The molecular formula is C28H17Br2N. The zero-order chi connectivity index (χ0) is 20.9. The molecule has 1 nitrogen and oxygen atoms in total. The maximum Gasteiger partial charge on any atom is 0.0563 e. The predicted molar refractivity (Wildman–Crippen MR) is 139 cm³/mol. The van der Waals surface area contributed by atoms with Crippen molar-refractivity contribution in [1.82, 2.24) is 4.57 Å². The summed E-state index contributed by atoms with van der Waals surface area (Å²) in [6, 6.07) is 36.8. The van der Waals surface area contributed by atoms with Crippen LogP contribution in [0.4, 0.5) is 0 Å². The van der Waals surface area contributed by atoms with Crippen molar-refractivity contribution in [2.45, 2.75) is 0 Å². The number of halogens is 2. The van der Waals surface area contributed by atoms with E-state index in [1.165, 1.54) is 49.4 Å². The van der Waals surface area contributed by atoms with Crippen LogP contribution in [0.15, 0.2) is 112 Å². The molecule has 6 rings (SSSR count). The molecule has 0 unspecified atom stereocenters. The van der Waals surface area contributed by atoms with E-state index >= 15 is 0 Å². The van der Waals surface area contributed by atoms with Crippen LogP contribution < -0.4 is 0 Å². The summed E-state index contributed by atoms with van der Waals surface area (Å²) >= 11 is 7.50. The Bertz CT molecular complexity index is 1600. The predicted octanol–water partition coefficient (Wildman–Crippen LogP) is 9.13. The van der Waals surface area contributed by atoms with Crippen molar-refractivity contribution in [2.75, 3.05) is 0 Å². The Morgan fingerprint density at radius 2 is 1.23 bits per heavy atom. The molecule has 0 amide bonds. The van der Waals surface area contributed by atoms with Crippen molar-refractivity contribution in [3.05, 3.63) is 112 Å². The molecule has 31 heavy (non-hydrogen) atoms. The fraction of sp³-hybridized carbons (Fsp3) is 0. The summed E-state index contributed by atoms with van der Waals surface area (Å²) in [7, 11) is 0. The SMILES string of the molecule is Brc1cc(Br)c2c3ccccc3n(-c3ccc(-c4ccccc4)c4ccccc34)c2c1. The van der Waals surface area contributed by atoms with E-state index in [1.807, 2.05) is 0 Å². The lowest BCUT2D eigenvalue weighted by Crippen LogP contribution is -1.96. The molecule has 0 N–H and O–H groups in total. The third kappa shape index (κ3) is 2.95. The molecule has 0 atom stereocenters. The first kappa shape index (κ1) is 18.9. The van der Waals surface area contributed by atoms with E-state index in [4.69, 9.17) is 0 Å². The fourth-order valence-electron chi connectivity index (χ4n) is 4.62. The highest BCUT2D eigenvalue weighted by atomic mass is 79.9. The molecule has 148 valence electrons. The highest BCUT2D eigenvalue weighted by Gasteiger charge is 2.17. The Balaban J connectivity index is 1.76. The number of aromatic nitrogens is 1. The lowest BCUT2D eigenvalue weighted by Gasteiger charge is -2.15. The maximum absolute atomic E-state index is 3.80. The summed E-state index contributed by atoms with van der Waals surface area (Å²) in [5.74, 6) is 0. The van der Waals surface area contributed by atoms with Crippen molar-refractivity contribution < 1.29 is 0 Å². The number of nitrogens with zero attached hydrogens (tertiary/aromatic N) is 1. The van der Waals surface area contributed by atoms with Gasteiger partial charge in [0.1, 0.15) is 0 Å². The molecule has 0 radical (unpaired) electrons. The third-order valence-corrected chi connectivity index (χ3v) is 7.00. The van der Waals surface area contributed by atoms with Gasteiger partial charge in [0.25, 0.3) is 0 Å². The molecule has 3 heteroatoms. The van der Waals surface area contributed by atoms with Crippen LogP contribution in [0, 0.1) is 0 Å². The van der Waals surface area contributed by atoms with E-state index in [0.29, 0.717) is 0 Å². The zero-order valence-electron chi connectivity index (χ0n) is 16.5. The Labute approximate surface area is 197 Å². The van der Waals surface area contributed by atoms with Gasteiger partial charge in [0, 0.05) is 25.1 Å². The number of benzene rings is 5. The Kier molecular flexibility index (Phi) is 4.48. The van der Waals surface area contributed by atoms with Gasteiger partial charge in [-0.25, -0.2) is 0 Å². The van der Waals surface area contributed by atoms with E-state index in [2.05, 4.69) is 140 Å². The van der Waals surface area contributed by atoms with Gasteiger partial charge < -0.3 is 4.57 Å². The van der Waals surface area contributed by atoms with Gasteiger partial charge in [-0.1, -0.05) is 111 Å². The number of rotatable bonds is 2. The Hall–Kier alpha value is -2.88. The van der Waals surface area contributed by atoms with Crippen molar-refractivity contribution in [3.63, 3.8) is 0 Å². The molecule has 5 aromatic carbocycles. The average molecular weight is 527 g/mol. The summed E-state index contributed by atoms with van der Waals surface area (Å²) in [6.45, 7) is 0. The lowest BCUT2D eigenvalue weighted by atomic mass is 9.97. The molecule has 1 heterocycles. The van der Waals surface area contributed by atoms with Crippen LogP contribution in [-0.4, -0.2) is 4.57 Å². The molecule has 0 aliphatic rings. The van der Waals surface area contributed by atoms with Gasteiger partial charge in [0.2, 0.25) is 0 Å². The minimum Gasteiger partial charge on any atom is -0.309 e. The summed E-state index contributed by atoms with van der Waals surface area (Å²) < 4.78 is 4.54. The average Bonchev–Trinajstić information content (AvgIpc) is 3.13. The summed E-state index contributed by atoms with van der Waals surface area (Å²) in [4.78, 5) is 0. The zero-order valence-corrected chi connectivity index (χ0v) is 19.7. The van der Waals surface area contributed by atoms with Gasteiger partial charge in [-0.3, -0.25) is 0 Å². The number of hydrogen-bond acceptors (Lipinski definition) is 0. The fourth-order valence-corrected chi connectivity index (χ4v) is 6.04. The number of fused-ring (bicyclic) bond motifs is 4. The normalized spacial score (nSPS) is 11.5. The van der Waals surface area contributed by atoms with Gasteiger partial charge in [0.05, 0.1) is 16.7 Å². The van der Waals surface area contributed by atoms with E-state index in [0.717, 1.165) is 8.95 Å². The van der Waals surface area contributed by atoms with E-state index < -0.39 is 0 Å². The van der Waals surface area contributed by atoms with Gasteiger partial charge in [-0.15, -0.1) is 0 Å². The van der Waals surface area contributed by atoms with Crippen molar-refractivity contribution in [3.8, 4) is 16.8 Å². The van der Waals surface area contributed by atoms with Crippen molar-refractivity contribution in [1.29, 1.82) is 0 Å². The van der Waals surface area contributed by atoms with Crippen LogP contribution in [0.1, 0.15) is 0 Å². The smallest absolute Gasteiger partial charge is 0.0563 e. The molecule has 0 saturated heterocycles. The minimum absolute atomic E-state index is 1.06. The first-order valence-electron chi connectivity index (χ1n) is 10.2. The lowest BCUT2D eigenvalue weighted by molar-refractivity contribution is 1.20. The molecule has 6 aromatic rings. The molecule has 0 fully saturated rings. The monoisotopic (exact) mass is 525 g/mol. The largest absolute Gasteiger partial charge is 0.309 e. The highest BCUT2D eigenvalue weighted by Crippen LogP contribution is 2.41.